The van der Waals surface area contributed by atoms with Gasteiger partial charge in [-0.05, 0) is 36.9 Å². The molecule has 2 nitrogen and oxygen atoms in total. The van der Waals surface area contributed by atoms with E-state index in [1.54, 1.807) is 0 Å². The molecule has 2 unspecified atom stereocenters. The summed E-state index contributed by atoms with van der Waals surface area (Å²) in [4.78, 5) is 0. The lowest BCUT2D eigenvalue weighted by Crippen LogP contribution is -2.35. The molecule has 0 bridgehead atoms. The Balaban J connectivity index is 2.11. The fourth-order valence-electron chi connectivity index (χ4n) is 1.84. The lowest BCUT2D eigenvalue weighted by atomic mass is 10.1. The molecule has 0 aromatic rings. The van der Waals surface area contributed by atoms with Gasteiger partial charge in [0.05, 0.1) is 0 Å². The summed E-state index contributed by atoms with van der Waals surface area (Å²) in [6, 6.07) is 0. The topological polar surface area (TPSA) is 24.1 Å². The Labute approximate surface area is 80.1 Å². The molecule has 1 fully saturated rings. The van der Waals surface area contributed by atoms with Crippen molar-refractivity contribution < 1.29 is 0 Å². The monoisotopic (exact) mass is 186 g/mol. The van der Waals surface area contributed by atoms with Crippen molar-refractivity contribution in [2.45, 2.75) is 26.2 Å². The average Bonchev–Trinajstić information content (AvgIpc) is 2.47. The molecule has 70 valence electrons. The van der Waals surface area contributed by atoms with Gasteiger partial charge in [-0.2, -0.15) is 0 Å². The summed E-state index contributed by atoms with van der Waals surface area (Å²) in [5.41, 5.74) is 0. The molecule has 0 aliphatic heterocycles. The van der Waals surface area contributed by atoms with Gasteiger partial charge in [-0.15, -0.1) is 0 Å². The van der Waals surface area contributed by atoms with Crippen molar-refractivity contribution in [3.05, 3.63) is 0 Å². The maximum Gasteiger partial charge on any atom is 0.166 e. The van der Waals surface area contributed by atoms with Crippen LogP contribution in [-0.4, -0.2) is 18.7 Å². The number of hydrogen-bond donors (Lipinski definition) is 2. The Morgan fingerprint density at radius 2 is 2.25 bits per heavy atom. The largest absolute Gasteiger partial charge is 0.366 e. The van der Waals surface area contributed by atoms with Crippen molar-refractivity contribution in [2.75, 3.05) is 13.6 Å². The highest BCUT2D eigenvalue weighted by Gasteiger charge is 2.20. The van der Waals surface area contributed by atoms with Crippen LogP contribution >= 0.6 is 12.2 Å². The molecule has 2 N–H and O–H groups in total. The zero-order chi connectivity index (χ0) is 8.97. The standard InChI is InChI=1S/C9H18N2S/c1-7-3-4-8(5-7)6-11-9(12)10-2/h7-8H,3-6H2,1-2H3,(H2,10,11,12). The van der Waals surface area contributed by atoms with E-state index in [1.165, 1.54) is 19.3 Å². The van der Waals surface area contributed by atoms with Crippen LogP contribution in [0.15, 0.2) is 0 Å². The molecule has 1 aliphatic carbocycles. The Morgan fingerprint density at radius 1 is 1.50 bits per heavy atom. The second-order valence-electron chi connectivity index (χ2n) is 3.74. The maximum atomic E-state index is 5.00. The minimum atomic E-state index is 0.773. The highest BCUT2D eigenvalue weighted by Crippen LogP contribution is 2.29. The van der Waals surface area contributed by atoms with Crippen LogP contribution in [-0.2, 0) is 0 Å². The summed E-state index contributed by atoms with van der Waals surface area (Å²) < 4.78 is 0. The molecule has 1 saturated carbocycles. The Morgan fingerprint density at radius 3 is 2.75 bits per heavy atom. The van der Waals surface area contributed by atoms with Gasteiger partial charge >= 0.3 is 0 Å². The first-order valence-corrected chi connectivity index (χ1v) is 5.08. The van der Waals surface area contributed by atoms with Crippen LogP contribution in [0.5, 0.6) is 0 Å². The van der Waals surface area contributed by atoms with Crippen LogP contribution in [0.3, 0.4) is 0 Å². The molecule has 0 amide bonds. The van der Waals surface area contributed by atoms with Gasteiger partial charge in [0.2, 0.25) is 0 Å². The van der Waals surface area contributed by atoms with Gasteiger partial charge in [0.1, 0.15) is 0 Å². The summed E-state index contributed by atoms with van der Waals surface area (Å²) in [6.07, 6.45) is 4.11. The summed E-state index contributed by atoms with van der Waals surface area (Å²) in [5.74, 6) is 1.76. The van der Waals surface area contributed by atoms with E-state index in [0.717, 1.165) is 23.5 Å². The third-order valence-corrected chi connectivity index (χ3v) is 2.93. The van der Waals surface area contributed by atoms with Crippen molar-refractivity contribution in [3.63, 3.8) is 0 Å². The molecule has 2 atom stereocenters. The van der Waals surface area contributed by atoms with E-state index in [-0.39, 0.29) is 0 Å². The van der Waals surface area contributed by atoms with Crippen molar-refractivity contribution in [1.29, 1.82) is 0 Å². The van der Waals surface area contributed by atoms with Crippen molar-refractivity contribution in [2.24, 2.45) is 11.8 Å². The Bertz CT molecular complexity index is 159. The molecular weight excluding hydrogens is 168 g/mol. The smallest absolute Gasteiger partial charge is 0.166 e. The first kappa shape index (κ1) is 9.78. The van der Waals surface area contributed by atoms with Crippen LogP contribution in [0.1, 0.15) is 26.2 Å². The fraction of sp³-hybridized carbons (Fsp3) is 0.889. The van der Waals surface area contributed by atoms with Crippen LogP contribution in [0.4, 0.5) is 0 Å². The van der Waals surface area contributed by atoms with E-state index >= 15 is 0 Å². The zero-order valence-corrected chi connectivity index (χ0v) is 8.71. The van der Waals surface area contributed by atoms with Crippen LogP contribution < -0.4 is 10.6 Å². The van der Waals surface area contributed by atoms with Crippen molar-refractivity contribution in [3.8, 4) is 0 Å². The molecule has 1 rings (SSSR count). The van der Waals surface area contributed by atoms with E-state index in [4.69, 9.17) is 12.2 Å². The average molecular weight is 186 g/mol. The normalized spacial score (nSPS) is 28.5. The number of hydrogen-bond acceptors (Lipinski definition) is 1. The fourth-order valence-corrected chi connectivity index (χ4v) is 1.92. The summed E-state index contributed by atoms with van der Waals surface area (Å²) >= 11 is 5.00. The van der Waals surface area contributed by atoms with E-state index in [9.17, 15) is 0 Å². The van der Waals surface area contributed by atoms with E-state index in [1.807, 2.05) is 7.05 Å². The van der Waals surface area contributed by atoms with Gasteiger partial charge in [0.15, 0.2) is 5.11 Å². The van der Waals surface area contributed by atoms with Gasteiger partial charge in [0.25, 0.3) is 0 Å². The van der Waals surface area contributed by atoms with Gasteiger partial charge in [-0.25, -0.2) is 0 Å². The van der Waals surface area contributed by atoms with E-state index in [0.29, 0.717) is 0 Å². The molecule has 3 heteroatoms. The predicted octanol–water partition coefficient (Wildman–Crippen LogP) is 1.52. The second kappa shape index (κ2) is 4.65. The minimum Gasteiger partial charge on any atom is -0.366 e. The van der Waals surface area contributed by atoms with E-state index in [2.05, 4.69) is 17.6 Å². The number of rotatable bonds is 2. The predicted molar refractivity (Wildman–Crippen MR) is 56.2 cm³/mol. The first-order valence-electron chi connectivity index (χ1n) is 4.68. The summed E-state index contributed by atoms with van der Waals surface area (Å²) in [7, 11) is 1.85. The lowest BCUT2D eigenvalue weighted by molar-refractivity contribution is 0.506. The van der Waals surface area contributed by atoms with Gasteiger partial charge < -0.3 is 10.6 Å². The van der Waals surface area contributed by atoms with Crippen LogP contribution in [0.2, 0.25) is 0 Å². The van der Waals surface area contributed by atoms with Crippen LogP contribution in [0, 0.1) is 11.8 Å². The Kier molecular flexibility index (Phi) is 3.79. The Hall–Kier alpha value is -0.310. The zero-order valence-electron chi connectivity index (χ0n) is 7.89. The third-order valence-electron chi connectivity index (χ3n) is 2.58. The first-order chi connectivity index (χ1) is 5.72. The SMILES string of the molecule is CNC(=S)NCC1CCC(C)C1. The molecule has 12 heavy (non-hydrogen) atoms. The van der Waals surface area contributed by atoms with Crippen molar-refractivity contribution >= 4 is 17.3 Å². The number of nitrogens with one attached hydrogen (secondary N) is 2. The second-order valence-corrected chi connectivity index (χ2v) is 4.15. The minimum absolute atomic E-state index is 0.773. The number of thiocarbonyl (C=S) groups is 1. The van der Waals surface area contributed by atoms with Gasteiger partial charge in [0, 0.05) is 13.6 Å². The molecule has 0 aromatic carbocycles. The molecule has 0 radical (unpaired) electrons. The van der Waals surface area contributed by atoms with Gasteiger partial charge in [-0.1, -0.05) is 13.3 Å². The molecule has 0 spiro atoms. The molecule has 1 aliphatic rings. The molecule has 0 aromatic heterocycles. The summed E-state index contributed by atoms with van der Waals surface area (Å²) in [6.45, 7) is 3.38. The van der Waals surface area contributed by atoms with Crippen LogP contribution in [0.25, 0.3) is 0 Å². The van der Waals surface area contributed by atoms with E-state index < -0.39 is 0 Å². The highest BCUT2D eigenvalue weighted by molar-refractivity contribution is 7.80. The quantitative estimate of drug-likeness (QED) is 0.639. The van der Waals surface area contributed by atoms with Gasteiger partial charge in [-0.3, -0.25) is 0 Å². The third kappa shape index (κ3) is 2.97. The maximum absolute atomic E-state index is 5.00. The summed E-state index contributed by atoms with van der Waals surface area (Å²) in [5, 5.41) is 6.91. The molecular formula is C9H18N2S. The molecule has 0 saturated heterocycles. The highest BCUT2D eigenvalue weighted by atomic mass is 32.1. The lowest BCUT2D eigenvalue weighted by Gasteiger charge is -2.12. The molecule has 0 heterocycles. The van der Waals surface area contributed by atoms with Crippen molar-refractivity contribution in [1.82, 2.24) is 10.6 Å².